The molecule has 1 aromatic carbocycles. The minimum atomic E-state index is -0.475. The molecule has 22 heavy (non-hydrogen) atoms. The maximum absolute atomic E-state index is 12.1. The molecule has 0 fully saturated rings. The van der Waals surface area contributed by atoms with E-state index < -0.39 is 11.9 Å². The molecule has 0 amide bonds. The van der Waals surface area contributed by atoms with Gasteiger partial charge in [0.2, 0.25) is 0 Å². The van der Waals surface area contributed by atoms with Gasteiger partial charge in [0.05, 0.1) is 24.3 Å². The molecule has 1 rings (SSSR count). The number of esters is 2. The maximum Gasteiger partial charge on any atom is 0.339 e. The van der Waals surface area contributed by atoms with Crippen LogP contribution in [0.1, 0.15) is 61.3 Å². The van der Waals surface area contributed by atoms with E-state index in [1.807, 2.05) is 0 Å². The van der Waals surface area contributed by atoms with Gasteiger partial charge in [-0.3, -0.25) is 0 Å². The third kappa shape index (κ3) is 6.29. The van der Waals surface area contributed by atoms with Gasteiger partial charge in [-0.15, -0.1) is 0 Å². The highest BCUT2D eigenvalue weighted by molar-refractivity contribution is 6.03. The molecule has 0 heterocycles. The molecule has 0 saturated heterocycles. The third-order valence-electron chi connectivity index (χ3n) is 3.22. The predicted molar refractivity (Wildman–Crippen MR) is 85.9 cm³/mol. The molecule has 0 bridgehead atoms. The van der Waals surface area contributed by atoms with Crippen molar-refractivity contribution in [1.29, 1.82) is 0 Å². The summed E-state index contributed by atoms with van der Waals surface area (Å²) in [7, 11) is 0. The van der Waals surface area contributed by atoms with Crippen molar-refractivity contribution in [3.8, 4) is 0 Å². The number of hydrogen-bond acceptors (Lipinski definition) is 4. The first kappa shape index (κ1) is 18.2. The van der Waals surface area contributed by atoms with E-state index in [1.165, 1.54) is 0 Å². The fourth-order valence-electron chi connectivity index (χ4n) is 1.77. The van der Waals surface area contributed by atoms with Crippen LogP contribution in [0.15, 0.2) is 24.3 Å². The Labute approximate surface area is 132 Å². The Bertz CT molecular complexity index is 447. The van der Waals surface area contributed by atoms with Crippen LogP contribution in [0.25, 0.3) is 0 Å². The first-order valence-electron chi connectivity index (χ1n) is 7.85. The smallest absolute Gasteiger partial charge is 0.339 e. The molecular weight excluding hydrogens is 280 g/mol. The molecule has 0 aromatic heterocycles. The summed E-state index contributed by atoms with van der Waals surface area (Å²) in [5.74, 6) is -0.0257. The normalized spacial score (nSPS) is 10.8. The van der Waals surface area contributed by atoms with E-state index in [0.717, 1.165) is 12.8 Å². The standard InChI is InChI=1S/C18H26O4/c1-13(2)9-11-21-17(19)15-7-5-6-8-16(15)18(20)22-12-10-14(3)4/h5-8,13-14H,9-12H2,1-4H3. The molecule has 1 aromatic rings. The van der Waals surface area contributed by atoms with E-state index in [-0.39, 0.29) is 11.1 Å². The summed E-state index contributed by atoms with van der Waals surface area (Å²) in [6.07, 6.45) is 1.60. The van der Waals surface area contributed by atoms with Crippen LogP contribution >= 0.6 is 0 Å². The summed E-state index contributed by atoms with van der Waals surface area (Å²) < 4.78 is 10.5. The van der Waals surface area contributed by atoms with Gasteiger partial charge in [-0.25, -0.2) is 9.59 Å². The summed E-state index contributed by atoms with van der Waals surface area (Å²) in [5.41, 5.74) is 0.529. The van der Waals surface area contributed by atoms with Gasteiger partial charge in [-0.1, -0.05) is 39.8 Å². The first-order chi connectivity index (χ1) is 10.4. The summed E-state index contributed by atoms with van der Waals surface area (Å²) in [5, 5.41) is 0. The van der Waals surface area contributed by atoms with Gasteiger partial charge in [0.1, 0.15) is 0 Å². The molecule has 0 radical (unpaired) electrons. The molecule has 0 atom stereocenters. The molecule has 122 valence electrons. The van der Waals surface area contributed by atoms with Crippen molar-refractivity contribution in [3.05, 3.63) is 35.4 Å². The number of hydrogen-bond donors (Lipinski definition) is 0. The number of ether oxygens (including phenoxy) is 2. The van der Waals surface area contributed by atoms with Crippen molar-refractivity contribution in [2.45, 2.75) is 40.5 Å². The average molecular weight is 306 g/mol. The van der Waals surface area contributed by atoms with Crippen LogP contribution in [-0.2, 0) is 9.47 Å². The van der Waals surface area contributed by atoms with E-state index in [9.17, 15) is 9.59 Å². The second kappa shape index (κ2) is 9.23. The Balaban J connectivity index is 2.68. The Kier molecular flexibility index (Phi) is 7.64. The van der Waals surface area contributed by atoms with Gasteiger partial charge in [-0.05, 0) is 36.8 Å². The first-order valence-corrected chi connectivity index (χ1v) is 7.85. The second-order valence-corrected chi connectivity index (χ2v) is 6.18. The molecule has 0 saturated carbocycles. The lowest BCUT2D eigenvalue weighted by atomic mass is 10.1. The zero-order valence-corrected chi connectivity index (χ0v) is 13.9. The maximum atomic E-state index is 12.1. The molecule has 0 unspecified atom stereocenters. The molecule has 0 aliphatic carbocycles. The molecule has 0 aliphatic heterocycles. The van der Waals surface area contributed by atoms with Crippen LogP contribution in [0, 0.1) is 11.8 Å². The minimum absolute atomic E-state index is 0.265. The quantitative estimate of drug-likeness (QED) is 0.679. The topological polar surface area (TPSA) is 52.6 Å². The summed E-state index contributed by atoms with van der Waals surface area (Å²) in [6, 6.07) is 6.61. The monoisotopic (exact) mass is 306 g/mol. The van der Waals surface area contributed by atoms with Crippen molar-refractivity contribution in [3.63, 3.8) is 0 Å². The van der Waals surface area contributed by atoms with Crippen LogP contribution in [0.4, 0.5) is 0 Å². The van der Waals surface area contributed by atoms with Crippen LogP contribution < -0.4 is 0 Å². The predicted octanol–water partition coefficient (Wildman–Crippen LogP) is 4.09. The van der Waals surface area contributed by atoms with Gasteiger partial charge < -0.3 is 9.47 Å². The molecule has 0 spiro atoms. The lowest BCUT2D eigenvalue weighted by Gasteiger charge is -2.11. The van der Waals surface area contributed by atoms with Gasteiger partial charge in [0.25, 0.3) is 0 Å². The number of rotatable bonds is 8. The minimum Gasteiger partial charge on any atom is -0.462 e. The van der Waals surface area contributed by atoms with Crippen LogP contribution in [0.3, 0.4) is 0 Å². The van der Waals surface area contributed by atoms with Gasteiger partial charge in [-0.2, -0.15) is 0 Å². The SMILES string of the molecule is CC(C)CCOC(=O)c1ccccc1C(=O)OCCC(C)C. The number of benzene rings is 1. The van der Waals surface area contributed by atoms with Crippen LogP contribution in [-0.4, -0.2) is 25.2 Å². The van der Waals surface area contributed by atoms with Crippen LogP contribution in [0.2, 0.25) is 0 Å². The van der Waals surface area contributed by atoms with E-state index in [1.54, 1.807) is 24.3 Å². The van der Waals surface area contributed by atoms with E-state index in [2.05, 4.69) is 27.7 Å². The second-order valence-electron chi connectivity index (χ2n) is 6.18. The lowest BCUT2D eigenvalue weighted by molar-refractivity contribution is 0.0440. The Morgan fingerprint density at radius 2 is 1.18 bits per heavy atom. The zero-order valence-electron chi connectivity index (χ0n) is 13.9. The van der Waals surface area contributed by atoms with Crippen molar-refractivity contribution < 1.29 is 19.1 Å². The fraction of sp³-hybridized carbons (Fsp3) is 0.556. The van der Waals surface area contributed by atoms with Crippen molar-refractivity contribution in [2.24, 2.45) is 11.8 Å². The van der Waals surface area contributed by atoms with Crippen molar-refractivity contribution >= 4 is 11.9 Å². The highest BCUT2D eigenvalue weighted by Gasteiger charge is 2.19. The van der Waals surface area contributed by atoms with E-state index >= 15 is 0 Å². The Morgan fingerprint density at radius 3 is 1.50 bits per heavy atom. The van der Waals surface area contributed by atoms with E-state index in [0.29, 0.717) is 25.0 Å². The Hall–Kier alpha value is -1.84. The van der Waals surface area contributed by atoms with Crippen LogP contribution in [0.5, 0.6) is 0 Å². The average Bonchev–Trinajstić information content (AvgIpc) is 2.46. The number of carbonyl (C=O) groups is 2. The van der Waals surface area contributed by atoms with E-state index in [4.69, 9.17) is 9.47 Å². The van der Waals surface area contributed by atoms with Crippen molar-refractivity contribution in [1.82, 2.24) is 0 Å². The number of carbonyl (C=O) groups excluding carboxylic acids is 2. The third-order valence-corrected chi connectivity index (χ3v) is 3.22. The lowest BCUT2D eigenvalue weighted by Crippen LogP contribution is -2.15. The fourth-order valence-corrected chi connectivity index (χ4v) is 1.77. The highest BCUT2D eigenvalue weighted by atomic mass is 16.5. The Morgan fingerprint density at radius 1 is 0.818 bits per heavy atom. The highest BCUT2D eigenvalue weighted by Crippen LogP contribution is 2.13. The molecule has 0 N–H and O–H groups in total. The van der Waals surface area contributed by atoms with Gasteiger partial charge in [0.15, 0.2) is 0 Å². The summed E-state index contributed by atoms with van der Waals surface area (Å²) in [4.78, 5) is 24.2. The molecular formula is C18H26O4. The van der Waals surface area contributed by atoms with Gasteiger partial charge in [0, 0.05) is 0 Å². The zero-order chi connectivity index (χ0) is 16.5. The summed E-state index contributed by atoms with van der Waals surface area (Å²) in [6.45, 7) is 8.96. The molecule has 0 aliphatic rings. The molecule has 4 nitrogen and oxygen atoms in total. The van der Waals surface area contributed by atoms with Gasteiger partial charge >= 0.3 is 11.9 Å². The molecule has 4 heteroatoms. The largest absolute Gasteiger partial charge is 0.462 e. The van der Waals surface area contributed by atoms with Crippen molar-refractivity contribution in [2.75, 3.05) is 13.2 Å². The summed E-state index contributed by atoms with van der Waals surface area (Å²) >= 11 is 0.